The molecule has 70 valence electrons. The number of allylic oxidation sites excluding steroid dienone is 2. The van der Waals surface area contributed by atoms with Gasteiger partial charge in [-0.3, -0.25) is 0 Å². The number of hydrogen-bond donors (Lipinski definition) is 0. The van der Waals surface area contributed by atoms with Crippen molar-refractivity contribution in [2.24, 2.45) is 0 Å². The van der Waals surface area contributed by atoms with Crippen molar-refractivity contribution in [3.8, 4) is 0 Å². The SMILES string of the molecule is C/C=C1/CCCC[C@@H]1[Si](Cl)(Cl)Cl. The molecule has 0 amide bonds. The first-order valence-corrected chi connectivity index (χ1v) is 9.39. The molecular weight excluding hydrogens is 231 g/mol. The number of halogens is 3. The molecule has 1 aliphatic rings. The molecule has 12 heavy (non-hydrogen) atoms. The van der Waals surface area contributed by atoms with Gasteiger partial charge in [-0.05, 0) is 26.2 Å². The summed E-state index contributed by atoms with van der Waals surface area (Å²) in [4.78, 5) is 0. The molecule has 0 saturated heterocycles. The van der Waals surface area contributed by atoms with E-state index < -0.39 is 6.00 Å². The summed E-state index contributed by atoms with van der Waals surface area (Å²) in [7, 11) is 0. The lowest BCUT2D eigenvalue weighted by atomic mass is 9.94. The van der Waals surface area contributed by atoms with E-state index in [1.165, 1.54) is 18.4 Å². The molecule has 0 unspecified atom stereocenters. The van der Waals surface area contributed by atoms with Crippen LogP contribution in [-0.2, 0) is 0 Å². The van der Waals surface area contributed by atoms with Crippen molar-refractivity contribution in [3.63, 3.8) is 0 Å². The van der Waals surface area contributed by atoms with Gasteiger partial charge in [-0.25, -0.2) is 0 Å². The highest BCUT2D eigenvalue weighted by Crippen LogP contribution is 2.46. The largest absolute Gasteiger partial charge is 0.348 e. The fraction of sp³-hybridized carbons (Fsp3) is 0.750. The minimum Gasteiger partial charge on any atom is -0.125 e. The van der Waals surface area contributed by atoms with Crippen LogP contribution in [0.25, 0.3) is 0 Å². The van der Waals surface area contributed by atoms with E-state index in [1.54, 1.807) is 0 Å². The summed E-state index contributed by atoms with van der Waals surface area (Å²) in [5.41, 5.74) is 1.65. The second-order valence-corrected chi connectivity index (χ2v) is 12.1. The fourth-order valence-electron chi connectivity index (χ4n) is 1.76. The van der Waals surface area contributed by atoms with Gasteiger partial charge < -0.3 is 0 Å². The van der Waals surface area contributed by atoms with E-state index in [-0.39, 0.29) is 5.54 Å². The molecule has 1 rings (SSSR count). The lowest BCUT2D eigenvalue weighted by Gasteiger charge is -2.29. The maximum atomic E-state index is 6.01. The Balaban J connectivity index is 2.73. The monoisotopic (exact) mass is 242 g/mol. The third-order valence-electron chi connectivity index (χ3n) is 2.42. The quantitative estimate of drug-likeness (QED) is 0.361. The van der Waals surface area contributed by atoms with Crippen molar-refractivity contribution in [3.05, 3.63) is 11.6 Å². The van der Waals surface area contributed by atoms with Crippen LogP contribution in [0.2, 0.25) is 5.54 Å². The summed E-state index contributed by atoms with van der Waals surface area (Å²) < 4.78 is 0. The molecule has 1 saturated carbocycles. The number of rotatable bonds is 1. The predicted molar refractivity (Wildman–Crippen MR) is 59.3 cm³/mol. The summed E-state index contributed by atoms with van der Waals surface area (Å²) in [6.07, 6.45) is 6.79. The molecular formula is C8H13Cl3Si. The summed E-state index contributed by atoms with van der Waals surface area (Å²) in [5, 5.41) is 0. The molecule has 0 aromatic heterocycles. The zero-order chi connectivity index (χ0) is 9.19. The van der Waals surface area contributed by atoms with E-state index in [0.717, 1.165) is 12.8 Å². The van der Waals surface area contributed by atoms with Gasteiger partial charge >= 0.3 is 6.00 Å². The van der Waals surface area contributed by atoms with Gasteiger partial charge in [0.25, 0.3) is 0 Å². The molecule has 1 fully saturated rings. The molecule has 0 N–H and O–H groups in total. The number of hydrogen-bond acceptors (Lipinski definition) is 0. The summed E-state index contributed by atoms with van der Waals surface area (Å²) in [6, 6.07) is -2.49. The van der Waals surface area contributed by atoms with Crippen LogP contribution in [0.15, 0.2) is 11.6 Å². The predicted octanol–water partition coefficient (Wildman–Crippen LogP) is 4.53. The Bertz CT molecular complexity index is 183. The van der Waals surface area contributed by atoms with Crippen molar-refractivity contribution in [2.75, 3.05) is 0 Å². The summed E-state index contributed by atoms with van der Waals surface area (Å²) in [6.45, 7) is 2.04. The molecule has 1 aliphatic carbocycles. The van der Waals surface area contributed by atoms with Crippen LogP contribution in [0.5, 0.6) is 0 Å². The smallest absolute Gasteiger partial charge is 0.125 e. The molecule has 0 aromatic carbocycles. The molecule has 0 heterocycles. The standard InChI is InChI=1S/C8H13Cl3Si/c1-2-7-5-3-4-6-8(7)12(9,10)11/h2,8H,3-6H2,1H3/b7-2-/t8-/m0/s1. The molecule has 0 radical (unpaired) electrons. The van der Waals surface area contributed by atoms with Crippen molar-refractivity contribution in [1.82, 2.24) is 0 Å². The highest BCUT2D eigenvalue weighted by molar-refractivity contribution is 7.65. The third kappa shape index (κ3) is 2.66. The first-order chi connectivity index (χ1) is 5.55. The van der Waals surface area contributed by atoms with Crippen LogP contribution in [-0.4, -0.2) is 6.00 Å². The van der Waals surface area contributed by atoms with Gasteiger partial charge in [0.1, 0.15) is 0 Å². The molecule has 1 atom stereocenters. The second-order valence-electron chi connectivity index (χ2n) is 3.20. The topological polar surface area (TPSA) is 0 Å². The van der Waals surface area contributed by atoms with Crippen LogP contribution < -0.4 is 0 Å². The molecule has 0 spiro atoms. The van der Waals surface area contributed by atoms with Gasteiger partial charge in [0, 0.05) is 5.54 Å². The molecule has 0 bridgehead atoms. The Morgan fingerprint density at radius 3 is 2.42 bits per heavy atom. The molecule has 0 nitrogen and oxygen atoms in total. The minimum atomic E-state index is -2.49. The Hall–Kier alpha value is 0.827. The van der Waals surface area contributed by atoms with Gasteiger partial charge in [-0.1, -0.05) is 18.1 Å². The van der Waals surface area contributed by atoms with Crippen LogP contribution in [0.1, 0.15) is 32.6 Å². The van der Waals surface area contributed by atoms with Crippen LogP contribution in [0.4, 0.5) is 0 Å². The van der Waals surface area contributed by atoms with Crippen molar-refractivity contribution in [1.29, 1.82) is 0 Å². The van der Waals surface area contributed by atoms with E-state index in [2.05, 4.69) is 6.08 Å². The minimum absolute atomic E-state index is 0.279. The van der Waals surface area contributed by atoms with Gasteiger partial charge in [0.15, 0.2) is 0 Å². The lowest BCUT2D eigenvalue weighted by Crippen LogP contribution is -2.24. The van der Waals surface area contributed by atoms with E-state index in [9.17, 15) is 0 Å². The van der Waals surface area contributed by atoms with Crippen molar-refractivity contribution >= 4 is 39.2 Å². The van der Waals surface area contributed by atoms with E-state index in [4.69, 9.17) is 33.2 Å². The van der Waals surface area contributed by atoms with Gasteiger partial charge in [0.2, 0.25) is 0 Å². The van der Waals surface area contributed by atoms with Gasteiger partial charge in [-0.15, -0.1) is 33.2 Å². The zero-order valence-corrected chi connectivity index (χ0v) is 10.4. The highest BCUT2D eigenvalue weighted by Gasteiger charge is 2.39. The second kappa shape index (κ2) is 4.36. The average Bonchev–Trinajstić information content (AvgIpc) is 2.03. The lowest BCUT2D eigenvalue weighted by molar-refractivity contribution is 0.594. The first-order valence-electron chi connectivity index (χ1n) is 4.27. The van der Waals surface area contributed by atoms with Crippen molar-refractivity contribution < 1.29 is 0 Å². The van der Waals surface area contributed by atoms with Crippen molar-refractivity contribution in [2.45, 2.75) is 38.1 Å². The van der Waals surface area contributed by atoms with E-state index in [1.807, 2.05) is 6.92 Å². The molecule has 0 aromatic rings. The van der Waals surface area contributed by atoms with Crippen LogP contribution in [0.3, 0.4) is 0 Å². The maximum absolute atomic E-state index is 6.01. The summed E-state index contributed by atoms with van der Waals surface area (Å²) >= 11 is 18.0. The third-order valence-corrected chi connectivity index (χ3v) is 6.24. The first kappa shape index (κ1) is 10.9. The molecule has 0 aliphatic heterocycles. The van der Waals surface area contributed by atoms with E-state index in [0.29, 0.717) is 0 Å². The normalized spacial score (nSPS) is 29.3. The highest BCUT2D eigenvalue weighted by atomic mass is 35.8. The van der Waals surface area contributed by atoms with Gasteiger partial charge in [0.05, 0.1) is 0 Å². The molecule has 4 heteroatoms. The van der Waals surface area contributed by atoms with Gasteiger partial charge in [-0.2, -0.15) is 0 Å². The maximum Gasteiger partial charge on any atom is 0.348 e. The fourth-order valence-corrected chi connectivity index (χ4v) is 5.26. The zero-order valence-electron chi connectivity index (χ0n) is 7.12. The average molecular weight is 244 g/mol. The van der Waals surface area contributed by atoms with Crippen LogP contribution >= 0.6 is 33.2 Å². The Labute approximate surface area is 89.0 Å². The Kier molecular flexibility index (Phi) is 3.96. The van der Waals surface area contributed by atoms with E-state index >= 15 is 0 Å². The van der Waals surface area contributed by atoms with Crippen LogP contribution in [0, 0.1) is 0 Å². The summed E-state index contributed by atoms with van der Waals surface area (Å²) in [5.74, 6) is 0. The Morgan fingerprint density at radius 1 is 1.33 bits per heavy atom. The Morgan fingerprint density at radius 2 is 2.00 bits per heavy atom.